The number of ether oxygens (including phenoxy) is 1. The molecule has 110 valence electrons. The summed E-state index contributed by atoms with van der Waals surface area (Å²) in [5.41, 5.74) is 1.73. The van der Waals surface area contributed by atoms with Crippen LogP contribution >= 0.6 is 22.6 Å². The van der Waals surface area contributed by atoms with Gasteiger partial charge in [-0.25, -0.2) is 0 Å². The summed E-state index contributed by atoms with van der Waals surface area (Å²) in [5.74, 6) is 0.783. The molecular weight excluding hydrogens is 377 g/mol. The minimum atomic E-state index is -0.0622. The van der Waals surface area contributed by atoms with Crippen LogP contribution < -0.4 is 10.1 Å². The largest absolute Gasteiger partial charge is 0.494 e. The zero-order valence-corrected chi connectivity index (χ0v) is 14.3. The van der Waals surface area contributed by atoms with E-state index in [4.69, 9.17) is 4.74 Å². The number of hydrogen-bond acceptors (Lipinski definition) is 2. The van der Waals surface area contributed by atoms with Crippen molar-refractivity contribution in [2.45, 2.75) is 19.9 Å². The normalized spacial score (nSPS) is 11.8. The lowest BCUT2D eigenvalue weighted by molar-refractivity contribution is 0.0940. The summed E-state index contributed by atoms with van der Waals surface area (Å²) in [6, 6.07) is 15.3. The molecule has 0 aliphatic rings. The monoisotopic (exact) mass is 395 g/mol. The Morgan fingerprint density at radius 2 is 1.76 bits per heavy atom. The van der Waals surface area contributed by atoms with E-state index >= 15 is 0 Å². The van der Waals surface area contributed by atoms with Crippen molar-refractivity contribution in [3.63, 3.8) is 0 Å². The molecule has 0 spiro atoms. The maximum atomic E-state index is 12.2. The van der Waals surface area contributed by atoms with Crippen LogP contribution in [-0.2, 0) is 0 Å². The molecule has 0 aliphatic carbocycles. The molecule has 21 heavy (non-hydrogen) atoms. The van der Waals surface area contributed by atoms with Crippen LogP contribution in [-0.4, -0.2) is 12.5 Å². The lowest BCUT2D eigenvalue weighted by Crippen LogP contribution is -2.26. The van der Waals surface area contributed by atoms with Gasteiger partial charge in [-0.3, -0.25) is 4.79 Å². The van der Waals surface area contributed by atoms with Gasteiger partial charge in [0, 0.05) is 9.13 Å². The molecule has 0 unspecified atom stereocenters. The highest BCUT2D eigenvalue weighted by Gasteiger charge is 2.11. The lowest BCUT2D eigenvalue weighted by Gasteiger charge is -2.15. The van der Waals surface area contributed by atoms with Crippen LogP contribution in [0, 0.1) is 3.57 Å². The summed E-state index contributed by atoms with van der Waals surface area (Å²) in [5, 5.41) is 3.00. The third-order valence-corrected chi connectivity index (χ3v) is 3.86. The predicted octanol–water partition coefficient (Wildman–Crippen LogP) is 4.18. The number of halogens is 1. The number of hydrogen-bond donors (Lipinski definition) is 1. The van der Waals surface area contributed by atoms with Crippen molar-refractivity contribution in [3.8, 4) is 5.75 Å². The molecule has 2 aromatic rings. The second kappa shape index (κ2) is 7.45. The zero-order valence-electron chi connectivity index (χ0n) is 12.1. The Labute approximate surface area is 138 Å². The third kappa shape index (κ3) is 4.46. The fourth-order valence-corrected chi connectivity index (χ4v) is 2.34. The number of amides is 1. The molecule has 0 bridgehead atoms. The van der Waals surface area contributed by atoms with Crippen LogP contribution in [0.25, 0.3) is 0 Å². The van der Waals surface area contributed by atoms with Gasteiger partial charge < -0.3 is 10.1 Å². The van der Waals surface area contributed by atoms with Crippen molar-refractivity contribution in [1.29, 1.82) is 0 Å². The van der Waals surface area contributed by atoms with E-state index in [0.29, 0.717) is 12.2 Å². The van der Waals surface area contributed by atoms with Gasteiger partial charge in [0.15, 0.2) is 0 Å². The van der Waals surface area contributed by atoms with Crippen LogP contribution in [0.1, 0.15) is 35.8 Å². The maximum Gasteiger partial charge on any atom is 0.251 e. The van der Waals surface area contributed by atoms with Crippen molar-refractivity contribution in [3.05, 3.63) is 63.2 Å². The van der Waals surface area contributed by atoms with Crippen molar-refractivity contribution in [1.82, 2.24) is 5.32 Å². The molecule has 0 fully saturated rings. The molecular formula is C17H18INO2. The Hall–Kier alpha value is -1.56. The van der Waals surface area contributed by atoms with Crippen molar-refractivity contribution in [2.75, 3.05) is 6.61 Å². The first-order valence-corrected chi connectivity index (χ1v) is 7.97. The lowest BCUT2D eigenvalue weighted by atomic mass is 10.1. The summed E-state index contributed by atoms with van der Waals surface area (Å²) in [4.78, 5) is 12.2. The van der Waals surface area contributed by atoms with Crippen LogP contribution in [0.3, 0.4) is 0 Å². The van der Waals surface area contributed by atoms with E-state index in [9.17, 15) is 4.79 Å². The van der Waals surface area contributed by atoms with E-state index in [2.05, 4.69) is 27.9 Å². The van der Waals surface area contributed by atoms with Crippen LogP contribution in [0.5, 0.6) is 5.75 Å². The summed E-state index contributed by atoms with van der Waals surface area (Å²) in [7, 11) is 0. The molecule has 2 aromatic carbocycles. The van der Waals surface area contributed by atoms with Gasteiger partial charge in [-0.05, 0) is 78.4 Å². The maximum absolute atomic E-state index is 12.2. The summed E-state index contributed by atoms with van der Waals surface area (Å²) in [6.07, 6.45) is 0. The Kier molecular flexibility index (Phi) is 5.61. The third-order valence-electron chi connectivity index (χ3n) is 3.15. The highest BCUT2D eigenvalue weighted by atomic mass is 127. The fourth-order valence-electron chi connectivity index (χ4n) is 1.98. The van der Waals surface area contributed by atoms with Crippen molar-refractivity contribution in [2.24, 2.45) is 0 Å². The molecule has 1 amide bonds. The minimum Gasteiger partial charge on any atom is -0.494 e. The summed E-state index contributed by atoms with van der Waals surface area (Å²) >= 11 is 2.22. The molecule has 0 aromatic heterocycles. The molecule has 2 rings (SSSR count). The molecule has 0 radical (unpaired) electrons. The molecule has 0 heterocycles. The zero-order chi connectivity index (χ0) is 15.2. The highest BCUT2D eigenvalue weighted by molar-refractivity contribution is 14.1. The Balaban J connectivity index is 2.01. The molecule has 1 N–H and O–H groups in total. The Bertz CT molecular complexity index is 593. The van der Waals surface area contributed by atoms with Crippen molar-refractivity contribution < 1.29 is 9.53 Å². The van der Waals surface area contributed by atoms with Gasteiger partial charge in [0.2, 0.25) is 0 Å². The SMILES string of the molecule is CCOc1ccc([C@@H](C)NC(=O)c2ccc(I)cc2)cc1. The quantitative estimate of drug-likeness (QED) is 0.772. The summed E-state index contributed by atoms with van der Waals surface area (Å²) in [6.45, 7) is 4.58. The van der Waals surface area contributed by atoms with Gasteiger partial charge in [-0.15, -0.1) is 0 Å². The van der Waals surface area contributed by atoms with E-state index < -0.39 is 0 Å². The average molecular weight is 395 g/mol. The highest BCUT2D eigenvalue weighted by Crippen LogP contribution is 2.18. The van der Waals surface area contributed by atoms with Gasteiger partial charge in [0.25, 0.3) is 5.91 Å². The van der Waals surface area contributed by atoms with E-state index in [1.165, 1.54) is 0 Å². The number of carbonyl (C=O) groups excluding carboxylic acids is 1. The Morgan fingerprint density at radius 1 is 1.14 bits per heavy atom. The van der Waals surface area contributed by atoms with E-state index in [1.54, 1.807) is 0 Å². The molecule has 0 saturated carbocycles. The first-order chi connectivity index (χ1) is 10.1. The number of carbonyl (C=O) groups is 1. The summed E-state index contributed by atoms with van der Waals surface area (Å²) < 4.78 is 6.53. The van der Waals surface area contributed by atoms with Gasteiger partial charge in [-0.2, -0.15) is 0 Å². The second-order valence-electron chi connectivity index (χ2n) is 4.70. The van der Waals surface area contributed by atoms with E-state index in [0.717, 1.165) is 14.9 Å². The molecule has 0 aliphatic heterocycles. The first-order valence-electron chi connectivity index (χ1n) is 6.89. The number of rotatable bonds is 5. The molecule has 1 atom stereocenters. The second-order valence-corrected chi connectivity index (χ2v) is 5.95. The van der Waals surface area contributed by atoms with E-state index in [-0.39, 0.29) is 11.9 Å². The molecule has 4 heteroatoms. The Morgan fingerprint density at radius 3 is 2.33 bits per heavy atom. The van der Waals surface area contributed by atoms with Gasteiger partial charge in [-0.1, -0.05) is 12.1 Å². The van der Waals surface area contributed by atoms with Crippen LogP contribution in [0.15, 0.2) is 48.5 Å². The smallest absolute Gasteiger partial charge is 0.251 e. The minimum absolute atomic E-state index is 0.0487. The van der Waals surface area contributed by atoms with Crippen molar-refractivity contribution >= 4 is 28.5 Å². The fraction of sp³-hybridized carbons (Fsp3) is 0.235. The van der Waals surface area contributed by atoms with Gasteiger partial charge in [0.1, 0.15) is 5.75 Å². The van der Waals surface area contributed by atoms with Gasteiger partial charge in [0.05, 0.1) is 12.6 Å². The number of benzene rings is 2. The topological polar surface area (TPSA) is 38.3 Å². The molecule has 3 nitrogen and oxygen atoms in total. The van der Waals surface area contributed by atoms with E-state index in [1.807, 2.05) is 62.4 Å². The average Bonchev–Trinajstić information content (AvgIpc) is 2.49. The standard InChI is InChI=1S/C17H18INO2/c1-3-21-16-10-6-13(7-11-16)12(2)19-17(20)14-4-8-15(18)9-5-14/h4-12H,3H2,1-2H3,(H,19,20)/t12-/m1/s1. The number of nitrogens with one attached hydrogen (secondary N) is 1. The first kappa shape index (κ1) is 15.8. The van der Waals surface area contributed by atoms with Crippen LogP contribution in [0.2, 0.25) is 0 Å². The van der Waals surface area contributed by atoms with Crippen LogP contribution in [0.4, 0.5) is 0 Å². The van der Waals surface area contributed by atoms with Gasteiger partial charge >= 0.3 is 0 Å². The molecule has 0 saturated heterocycles. The predicted molar refractivity (Wildman–Crippen MR) is 92.7 cm³/mol.